The van der Waals surface area contributed by atoms with Crippen molar-refractivity contribution in [2.45, 2.75) is 27.7 Å². The Balaban J connectivity index is 1.80. The molecule has 0 heterocycles. The number of hydrogen-bond donors (Lipinski definition) is 3. The van der Waals surface area contributed by atoms with Crippen molar-refractivity contribution in [1.29, 1.82) is 0 Å². The third kappa shape index (κ3) is 5.16. The number of nitrogens with two attached hydrogens (primary N) is 1. The Morgan fingerprint density at radius 3 is 1.56 bits per heavy atom. The summed E-state index contributed by atoms with van der Waals surface area (Å²) in [6.45, 7) is 8.38. The van der Waals surface area contributed by atoms with Gasteiger partial charge in [0.05, 0.1) is 0 Å². The molecule has 0 saturated heterocycles. The van der Waals surface area contributed by atoms with Crippen LogP contribution in [0, 0.1) is 27.7 Å². The zero-order chi connectivity index (χ0) is 18.4. The topological polar surface area (TPSA) is 74.8 Å². The molecule has 0 spiro atoms. The van der Waals surface area contributed by atoms with Crippen LogP contribution in [0.1, 0.15) is 22.3 Å². The maximum atomic E-state index is 12.0. The summed E-state index contributed by atoms with van der Waals surface area (Å²) in [5.74, 6) is -0.235. The van der Waals surface area contributed by atoms with Gasteiger partial charge in [-0.3, -0.25) is 9.59 Å². The lowest BCUT2D eigenvalue weighted by molar-refractivity contribution is -0.632. The van der Waals surface area contributed by atoms with E-state index in [0.29, 0.717) is 0 Å². The molecule has 2 aromatic rings. The van der Waals surface area contributed by atoms with Crippen LogP contribution in [-0.4, -0.2) is 24.9 Å². The van der Waals surface area contributed by atoms with Crippen LogP contribution in [0.25, 0.3) is 0 Å². The summed E-state index contributed by atoms with van der Waals surface area (Å²) in [4.78, 5) is 24.1. The fraction of sp³-hybridized carbons (Fsp3) is 0.300. The Labute approximate surface area is 148 Å². The van der Waals surface area contributed by atoms with Crippen molar-refractivity contribution in [3.63, 3.8) is 0 Å². The van der Waals surface area contributed by atoms with Crippen molar-refractivity contribution in [2.75, 3.05) is 23.7 Å². The van der Waals surface area contributed by atoms with E-state index < -0.39 is 0 Å². The van der Waals surface area contributed by atoms with Crippen LogP contribution in [0.3, 0.4) is 0 Å². The number of amides is 2. The summed E-state index contributed by atoms with van der Waals surface area (Å²) < 4.78 is 0. The number of anilines is 2. The Hall–Kier alpha value is -2.66. The minimum absolute atomic E-state index is 0.117. The van der Waals surface area contributed by atoms with Crippen LogP contribution in [-0.2, 0) is 9.59 Å². The van der Waals surface area contributed by atoms with E-state index in [2.05, 4.69) is 10.6 Å². The Bertz CT molecular complexity index is 719. The van der Waals surface area contributed by atoms with Crippen LogP contribution in [0.5, 0.6) is 0 Å². The third-order valence-electron chi connectivity index (χ3n) is 4.42. The van der Waals surface area contributed by atoms with Gasteiger partial charge in [0.1, 0.15) is 0 Å². The monoisotopic (exact) mass is 340 g/mol. The first kappa shape index (κ1) is 18.7. The predicted molar refractivity (Wildman–Crippen MR) is 101 cm³/mol. The van der Waals surface area contributed by atoms with Gasteiger partial charge in [0, 0.05) is 11.4 Å². The number of aryl methyl sites for hydroxylation is 2. The van der Waals surface area contributed by atoms with Crippen molar-refractivity contribution in [3.8, 4) is 0 Å². The van der Waals surface area contributed by atoms with Crippen LogP contribution in [0.4, 0.5) is 11.4 Å². The van der Waals surface area contributed by atoms with Gasteiger partial charge in [0.2, 0.25) is 0 Å². The smallest absolute Gasteiger partial charge is 0.279 e. The average molecular weight is 340 g/mol. The van der Waals surface area contributed by atoms with E-state index in [9.17, 15) is 9.59 Å². The van der Waals surface area contributed by atoms with Crippen LogP contribution < -0.4 is 16.0 Å². The lowest BCUT2D eigenvalue weighted by atomic mass is 10.1. The van der Waals surface area contributed by atoms with Gasteiger partial charge in [-0.15, -0.1) is 0 Å². The van der Waals surface area contributed by atoms with E-state index in [4.69, 9.17) is 0 Å². The van der Waals surface area contributed by atoms with Crippen molar-refractivity contribution >= 4 is 23.2 Å². The molecule has 0 fully saturated rings. The SMILES string of the molecule is Cc1cccc(NC(=O)C[NH2+]CC(=O)Nc2cccc(C)c2C)c1C. The molecule has 0 aliphatic heterocycles. The van der Waals surface area contributed by atoms with E-state index >= 15 is 0 Å². The van der Waals surface area contributed by atoms with Gasteiger partial charge in [0.15, 0.2) is 13.1 Å². The first-order valence-electron chi connectivity index (χ1n) is 8.42. The van der Waals surface area contributed by atoms with E-state index in [1.807, 2.05) is 64.1 Å². The van der Waals surface area contributed by atoms with Gasteiger partial charge in [0.25, 0.3) is 11.8 Å². The van der Waals surface area contributed by atoms with E-state index in [0.717, 1.165) is 33.6 Å². The zero-order valence-corrected chi connectivity index (χ0v) is 15.3. The molecule has 5 heteroatoms. The average Bonchev–Trinajstić information content (AvgIpc) is 2.56. The Morgan fingerprint density at radius 2 is 1.16 bits per heavy atom. The van der Waals surface area contributed by atoms with Gasteiger partial charge in [-0.1, -0.05) is 24.3 Å². The number of nitrogens with one attached hydrogen (secondary N) is 2. The molecular weight excluding hydrogens is 314 g/mol. The van der Waals surface area contributed by atoms with Gasteiger partial charge < -0.3 is 16.0 Å². The highest BCUT2D eigenvalue weighted by molar-refractivity contribution is 5.93. The molecule has 2 aromatic carbocycles. The second-order valence-corrected chi connectivity index (χ2v) is 6.29. The Kier molecular flexibility index (Phi) is 6.31. The third-order valence-corrected chi connectivity index (χ3v) is 4.42. The minimum Gasteiger partial charge on any atom is -0.331 e. The first-order chi connectivity index (χ1) is 11.9. The quantitative estimate of drug-likeness (QED) is 0.753. The van der Waals surface area contributed by atoms with Crippen LogP contribution >= 0.6 is 0 Å². The highest BCUT2D eigenvalue weighted by Gasteiger charge is 2.11. The first-order valence-corrected chi connectivity index (χ1v) is 8.42. The van der Waals surface area contributed by atoms with Crippen molar-refractivity contribution in [3.05, 3.63) is 58.7 Å². The summed E-state index contributed by atoms with van der Waals surface area (Å²) in [5.41, 5.74) is 6.02. The predicted octanol–water partition coefficient (Wildman–Crippen LogP) is 2.06. The van der Waals surface area contributed by atoms with Crippen molar-refractivity contribution < 1.29 is 14.9 Å². The number of quaternary nitrogens is 1. The molecule has 0 aliphatic carbocycles. The van der Waals surface area contributed by atoms with Crippen LogP contribution in [0.2, 0.25) is 0 Å². The second-order valence-electron chi connectivity index (χ2n) is 6.29. The molecule has 0 saturated carbocycles. The highest BCUT2D eigenvalue weighted by atomic mass is 16.2. The number of hydrogen-bond acceptors (Lipinski definition) is 2. The second kappa shape index (κ2) is 8.44. The molecule has 0 aliphatic rings. The standard InChI is InChI=1S/C20H25N3O2/c1-13-7-5-9-17(15(13)3)22-19(24)11-21-12-20(25)23-18-10-6-8-14(2)16(18)4/h5-10,21H,11-12H2,1-4H3,(H,22,24)(H,23,25)/p+1. The molecule has 2 amide bonds. The molecule has 25 heavy (non-hydrogen) atoms. The van der Waals surface area contributed by atoms with E-state index in [-0.39, 0.29) is 24.9 Å². The molecule has 132 valence electrons. The number of benzene rings is 2. The van der Waals surface area contributed by atoms with Gasteiger partial charge >= 0.3 is 0 Å². The lowest BCUT2D eigenvalue weighted by Crippen LogP contribution is -2.88. The molecule has 5 nitrogen and oxygen atoms in total. The summed E-state index contributed by atoms with van der Waals surface area (Å²) in [5, 5.41) is 7.47. The maximum absolute atomic E-state index is 12.0. The van der Waals surface area contributed by atoms with Gasteiger partial charge in [-0.2, -0.15) is 0 Å². The van der Waals surface area contributed by atoms with E-state index in [1.54, 1.807) is 5.32 Å². The highest BCUT2D eigenvalue weighted by Crippen LogP contribution is 2.18. The number of carbonyl (C=O) groups excluding carboxylic acids is 2. The summed E-state index contributed by atoms with van der Waals surface area (Å²) >= 11 is 0. The van der Waals surface area contributed by atoms with E-state index in [1.165, 1.54) is 0 Å². The maximum Gasteiger partial charge on any atom is 0.279 e. The fourth-order valence-corrected chi connectivity index (χ4v) is 2.51. The molecule has 0 atom stereocenters. The normalized spacial score (nSPS) is 10.4. The minimum atomic E-state index is -0.117. The molecule has 4 N–H and O–H groups in total. The molecule has 0 unspecified atom stereocenters. The summed E-state index contributed by atoms with van der Waals surface area (Å²) in [6, 6.07) is 11.6. The Morgan fingerprint density at radius 1 is 0.760 bits per heavy atom. The van der Waals surface area contributed by atoms with Crippen molar-refractivity contribution in [1.82, 2.24) is 0 Å². The molecule has 0 radical (unpaired) electrons. The molecule has 2 rings (SSSR count). The summed E-state index contributed by atoms with van der Waals surface area (Å²) in [6.07, 6.45) is 0. The molecule has 0 bridgehead atoms. The van der Waals surface area contributed by atoms with Crippen molar-refractivity contribution in [2.24, 2.45) is 0 Å². The lowest BCUT2D eigenvalue weighted by Gasteiger charge is -2.11. The fourth-order valence-electron chi connectivity index (χ4n) is 2.51. The number of rotatable bonds is 6. The zero-order valence-electron chi connectivity index (χ0n) is 15.3. The van der Waals surface area contributed by atoms with Gasteiger partial charge in [-0.25, -0.2) is 0 Å². The number of carbonyl (C=O) groups is 2. The molecular formula is C20H26N3O2+. The molecule has 0 aromatic heterocycles. The van der Waals surface area contributed by atoms with Gasteiger partial charge in [-0.05, 0) is 62.1 Å². The van der Waals surface area contributed by atoms with Crippen LogP contribution in [0.15, 0.2) is 36.4 Å². The largest absolute Gasteiger partial charge is 0.331 e. The summed E-state index contributed by atoms with van der Waals surface area (Å²) in [7, 11) is 0.